The summed E-state index contributed by atoms with van der Waals surface area (Å²) >= 11 is 1.65. The normalized spacial score (nSPS) is 13.0. The van der Waals surface area contributed by atoms with E-state index in [0.717, 1.165) is 34.2 Å². The first kappa shape index (κ1) is 17.7. The van der Waals surface area contributed by atoms with Gasteiger partial charge in [-0.25, -0.2) is 0 Å². The molecule has 4 rings (SSSR count). The first-order chi connectivity index (χ1) is 13.1. The van der Waals surface area contributed by atoms with Crippen molar-refractivity contribution < 1.29 is 14.0 Å². The second-order valence-electron chi connectivity index (χ2n) is 6.56. The summed E-state index contributed by atoms with van der Waals surface area (Å²) in [6.07, 6.45) is 2.80. The highest BCUT2D eigenvalue weighted by Crippen LogP contribution is 2.32. The lowest BCUT2D eigenvalue weighted by molar-refractivity contribution is -0.116. The number of carbonyl (C=O) groups excluding carboxylic acids is 2. The Kier molecular flexibility index (Phi) is 4.66. The van der Waals surface area contributed by atoms with Crippen LogP contribution in [-0.4, -0.2) is 24.6 Å². The lowest BCUT2D eigenvalue weighted by Crippen LogP contribution is -2.25. The van der Waals surface area contributed by atoms with E-state index in [1.54, 1.807) is 23.6 Å². The van der Waals surface area contributed by atoms with Crippen LogP contribution in [0.3, 0.4) is 0 Å². The fraction of sp³-hybridized carbons (Fsp3) is 0.238. The van der Waals surface area contributed by atoms with Gasteiger partial charge in [-0.3, -0.25) is 9.59 Å². The molecule has 0 saturated heterocycles. The van der Waals surface area contributed by atoms with Crippen LogP contribution in [0.25, 0.3) is 11.0 Å². The molecule has 0 fully saturated rings. The number of thioether (sulfide) groups is 1. The van der Waals surface area contributed by atoms with Gasteiger partial charge in [0.2, 0.25) is 5.91 Å². The van der Waals surface area contributed by atoms with Crippen molar-refractivity contribution in [1.29, 1.82) is 0 Å². The summed E-state index contributed by atoms with van der Waals surface area (Å²) in [5.41, 5.74) is 4.33. The van der Waals surface area contributed by atoms with E-state index in [0.29, 0.717) is 23.7 Å². The number of carbonyl (C=O) groups is 2. The maximum absolute atomic E-state index is 12.9. The molecule has 5 nitrogen and oxygen atoms in total. The summed E-state index contributed by atoms with van der Waals surface area (Å²) < 4.78 is 5.85. The highest BCUT2D eigenvalue weighted by Gasteiger charge is 2.24. The lowest BCUT2D eigenvalue weighted by atomic mass is 10.1. The highest BCUT2D eigenvalue weighted by atomic mass is 32.2. The molecule has 1 N–H and O–H groups in total. The van der Waals surface area contributed by atoms with Gasteiger partial charge >= 0.3 is 0 Å². The van der Waals surface area contributed by atoms with E-state index in [-0.39, 0.29) is 11.8 Å². The Hall–Kier alpha value is -2.73. The van der Waals surface area contributed by atoms with Crippen LogP contribution in [-0.2, 0) is 17.0 Å². The predicted molar refractivity (Wildman–Crippen MR) is 110 cm³/mol. The summed E-state index contributed by atoms with van der Waals surface area (Å²) in [6.45, 7) is 2.25. The number of para-hydroxylation sites is 1. The minimum atomic E-state index is -0.253. The van der Waals surface area contributed by atoms with E-state index in [4.69, 9.17) is 4.42 Å². The van der Waals surface area contributed by atoms with Crippen LogP contribution in [0.2, 0.25) is 0 Å². The number of hydrogen-bond donors (Lipinski definition) is 1. The van der Waals surface area contributed by atoms with E-state index >= 15 is 0 Å². The Bertz CT molecular complexity index is 1040. The summed E-state index contributed by atoms with van der Waals surface area (Å²) in [5.74, 6) is 0.847. The molecule has 0 bridgehead atoms. The van der Waals surface area contributed by atoms with Crippen molar-refractivity contribution in [2.75, 3.05) is 23.0 Å². The van der Waals surface area contributed by atoms with Crippen molar-refractivity contribution >= 4 is 45.9 Å². The van der Waals surface area contributed by atoms with Crippen molar-refractivity contribution in [1.82, 2.24) is 0 Å². The van der Waals surface area contributed by atoms with E-state index < -0.39 is 0 Å². The lowest BCUT2D eigenvalue weighted by Gasteiger charge is -2.15. The van der Waals surface area contributed by atoms with Gasteiger partial charge in [0, 0.05) is 41.5 Å². The Morgan fingerprint density at radius 2 is 2.04 bits per heavy atom. The summed E-state index contributed by atoms with van der Waals surface area (Å²) in [7, 11) is 0. The molecule has 1 aliphatic rings. The number of nitrogens with one attached hydrogen (secondary N) is 1. The van der Waals surface area contributed by atoms with Crippen molar-refractivity contribution in [3.05, 3.63) is 59.4 Å². The maximum atomic E-state index is 12.9. The Morgan fingerprint density at radius 1 is 1.22 bits per heavy atom. The van der Waals surface area contributed by atoms with Crippen LogP contribution in [0.4, 0.5) is 11.4 Å². The quantitative estimate of drug-likeness (QED) is 0.726. The molecular formula is C21H20N2O3S. The third-order valence-corrected chi connectivity index (χ3v) is 5.38. The summed E-state index contributed by atoms with van der Waals surface area (Å²) in [6, 6.07) is 13.4. The van der Waals surface area contributed by atoms with Crippen molar-refractivity contribution in [2.45, 2.75) is 19.1 Å². The number of fused-ring (bicyclic) bond motifs is 2. The zero-order valence-corrected chi connectivity index (χ0v) is 16.1. The third-order valence-electron chi connectivity index (χ3n) is 4.81. The average Bonchev–Trinajstić information content (AvgIpc) is 3.24. The van der Waals surface area contributed by atoms with Crippen molar-refractivity contribution in [2.24, 2.45) is 0 Å². The van der Waals surface area contributed by atoms with Gasteiger partial charge in [0.15, 0.2) is 5.76 Å². The van der Waals surface area contributed by atoms with Crippen LogP contribution < -0.4 is 10.2 Å². The standard InChI is InChI=1S/C21H20N2O3S/c1-13(24)23-10-9-14-11-15(7-8-18(14)23)22-21(25)20-17(12-27-2)16-5-3-4-6-19(16)26-20/h3-8,11H,9-10,12H2,1-2H3,(H,22,25). The van der Waals surface area contributed by atoms with Crippen LogP contribution in [0.1, 0.15) is 28.6 Å². The number of furan rings is 1. The number of rotatable bonds is 4. The number of amides is 2. The molecule has 0 radical (unpaired) electrons. The molecule has 2 aromatic carbocycles. The van der Waals surface area contributed by atoms with E-state index in [9.17, 15) is 9.59 Å². The molecule has 27 heavy (non-hydrogen) atoms. The van der Waals surface area contributed by atoms with Crippen LogP contribution in [0, 0.1) is 0 Å². The minimum absolute atomic E-state index is 0.0366. The molecule has 0 aliphatic carbocycles. The zero-order chi connectivity index (χ0) is 19.0. The summed E-state index contributed by atoms with van der Waals surface area (Å²) in [5, 5.41) is 3.92. The second-order valence-corrected chi connectivity index (χ2v) is 7.42. The molecule has 3 aromatic rings. The smallest absolute Gasteiger partial charge is 0.291 e. The molecule has 0 spiro atoms. The first-order valence-corrected chi connectivity index (χ1v) is 10.2. The van der Waals surface area contributed by atoms with Gasteiger partial charge in [0.05, 0.1) is 0 Å². The number of nitrogens with zero attached hydrogens (tertiary/aromatic N) is 1. The van der Waals surface area contributed by atoms with Gasteiger partial charge in [0.25, 0.3) is 5.91 Å². The van der Waals surface area contributed by atoms with E-state index in [2.05, 4.69) is 5.32 Å². The van der Waals surface area contributed by atoms with Gasteiger partial charge in [0.1, 0.15) is 5.58 Å². The van der Waals surface area contributed by atoms with Crippen molar-refractivity contribution in [3.63, 3.8) is 0 Å². The second kappa shape index (κ2) is 7.12. The third kappa shape index (κ3) is 3.21. The molecule has 138 valence electrons. The molecule has 2 heterocycles. The molecule has 0 atom stereocenters. The van der Waals surface area contributed by atoms with Gasteiger partial charge in [-0.05, 0) is 42.5 Å². The van der Waals surface area contributed by atoms with Crippen LogP contribution in [0.15, 0.2) is 46.9 Å². The molecule has 6 heteroatoms. The van der Waals surface area contributed by atoms with Gasteiger partial charge in [-0.2, -0.15) is 11.8 Å². The molecule has 2 amide bonds. The molecule has 1 aromatic heterocycles. The fourth-order valence-electron chi connectivity index (χ4n) is 3.56. The Morgan fingerprint density at radius 3 is 2.81 bits per heavy atom. The monoisotopic (exact) mass is 380 g/mol. The van der Waals surface area contributed by atoms with Gasteiger partial charge in [-0.15, -0.1) is 0 Å². The molecule has 1 aliphatic heterocycles. The Balaban J connectivity index is 1.63. The van der Waals surface area contributed by atoms with E-state index in [1.165, 1.54) is 0 Å². The SMILES string of the molecule is CSCc1c(C(=O)Nc2ccc3c(c2)CCN3C(C)=O)oc2ccccc12. The average molecular weight is 380 g/mol. The molecule has 0 saturated carbocycles. The minimum Gasteiger partial charge on any atom is -0.451 e. The van der Waals surface area contributed by atoms with Gasteiger partial charge < -0.3 is 14.6 Å². The van der Waals surface area contributed by atoms with Gasteiger partial charge in [-0.1, -0.05) is 18.2 Å². The highest BCUT2D eigenvalue weighted by molar-refractivity contribution is 7.97. The number of anilines is 2. The zero-order valence-electron chi connectivity index (χ0n) is 15.2. The van der Waals surface area contributed by atoms with Crippen LogP contribution in [0.5, 0.6) is 0 Å². The molecular weight excluding hydrogens is 360 g/mol. The van der Waals surface area contributed by atoms with E-state index in [1.807, 2.05) is 48.7 Å². The maximum Gasteiger partial charge on any atom is 0.291 e. The van der Waals surface area contributed by atoms with Crippen LogP contribution >= 0.6 is 11.8 Å². The van der Waals surface area contributed by atoms with Crippen molar-refractivity contribution in [3.8, 4) is 0 Å². The topological polar surface area (TPSA) is 62.6 Å². The number of benzene rings is 2. The Labute approximate surface area is 161 Å². The largest absolute Gasteiger partial charge is 0.451 e. The first-order valence-electron chi connectivity index (χ1n) is 8.80. The molecule has 0 unspecified atom stereocenters. The predicted octanol–water partition coefficient (Wildman–Crippen LogP) is 4.46. The fourth-order valence-corrected chi connectivity index (χ4v) is 4.14. The summed E-state index contributed by atoms with van der Waals surface area (Å²) in [4.78, 5) is 26.3. The number of hydrogen-bond acceptors (Lipinski definition) is 4.